The maximum Gasteiger partial charge on any atom is 0.229 e. The largest absolute Gasteiger partial charge is 0.497 e. The van der Waals surface area contributed by atoms with Gasteiger partial charge in [0.05, 0.1) is 13.2 Å². The number of hydrogen-bond acceptors (Lipinski definition) is 6. The number of methoxy groups -OCH3 is 1. The van der Waals surface area contributed by atoms with Gasteiger partial charge >= 0.3 is 0 Å². The van der Waals surface area contributed by atoms with Gasteiger partial charge in [0, 0.05) is 12.1 Å². The molecule has 6 heteroatoms. The van der Waals surface area contributed by atoms with Gasteiger partial charge in [-0.25, -0.2) is 0 Å². The summed E-state index contributed by atoms with van der Waals surface area (Å²) >= 11 is 0. The molecule has 5 atom stereocenters. The lowest BCUT2D eigenvalue weighted by Crippen LogP contribution is -2.58. The number of ether oxygens (including phenoxy) is 3. The zero-order valence-electron chi connectivity index (χ0n) is 10.7. The molecular weight excluding hydrogens is 252 g/mol. The predicted molar refractivity (Wildman–Crippen MR) is 64.8 cm³/mol. The summed E-state index contributed by atoms with van der Waals surface area (Å²) in [6, 6.07) is 7.71. The molecule has 6 nitrogen and oxygen atoms in total. The Balaban J connectivity index is 2.09. The van der Waals surface area contributed by atoms with Crippen molar-refractivity contribution < 1.29 is 29.5 Å². The van der Waals surface area contributed by atoms with Gasteiger partial charge in [0.2, 0.25) is 6.29 Å². The van der Waals surface area contributed by atoms with Gasteiger partial charge in [0.1, 0.15) is 29.8 Å². The van der Waals surface area contributed by atoms with Crippen LogP contribution in [0.3, 0.4) is 0 Å². The van der Waals surface area contributed by atoms with Gasteiger partial charge in [-0.2, -0.15) is 0 Å². The van der Waals surface area contributed by atoms with Crippen molar-refractivity contribution >= 4 is 0 Å². The summed E-state index contributed by atoms with van der Waals surface area (Å²) in [7, 11) is 1.52. The molecule has 0 amide bonds. The van der Waals surface area contributed by atoms with E-state index in [1.54, 1.807) is 25.1 Å². The van der Waals surface area contributed by atoms with Crippen molar-refractivity contribution in [1.29, 1.82) is 0 Å². The van der Waals surface area contributed by atoms with Crippen LogP contribution in [-0.2, 0) is 4.74 Å². The summed E-state index contributed by atoms with van der Waals surface area (Å²) in [5, 5.41) is 29.0. The molecule has 1 aromatic rings. The van der Waals surface area contributed by atoms with Crippen molar-refractivity contribution in [2.24, 2.45) is 0 Å². The summed E-state index contributed by atoms with van der Waals surface area (Å²) < 4.78 is 15.8. The van der Waals surface area contributed by atoms with Crippen LogP contribution in [0, 0.1) is 6.07 Å². The zero-order valence-corrected chi connectivity index (χ0v) is 10.7. The van der Waals surface area contributed by atoms with Gasteiger partial charge in [-0.3, -0.25) is 0 Å². The predicted octanol–water partition coefficient (Wildman–Crippen LogP) is -0.298. The van der Waals surface area contributed by atoms with E-state index < -0.39 is 30.7 Å². The lowest BCUT2D eigenvalue weighted by atomic mass is 10.00. The van der Waals surface area contributed by atoms with E-state index in [0.717, 1.165) is 0 Å². The van der Waals surface area contributed by atoms with E-state index in [1.165, 1.54) is 7.11 Å². The maximum absolute atomic E-state index is 9.81. The van der Waals surface area contributed by atoms with Crippen molar-refractivity contribution in [1.82, 2.24) is 0 Å². The third-order valence-corrected chi connectivity index (χ3v) is 3.03. The van der Waals surface area contributed by atoms with Crippen LogP contribution in [0.5, 0.6) is 11.5 Å². The first kappa shape index (κ1) is 14.1. The lowest BCUT2D eigenvalue weighted by molar-refractivity contribution is -0.268. The highest BCUT2D eigenvalue weighted by Gasteiger charge is 2.43. The molecule has 1 aliphatic rings. The molecule has 1 saturated heterocycles. The molecule has 1 aliphatic heterocycles. The molecule has 1 fully saturated rings. The molecule has 1 heterocycles. The van der Waals surface area contributed by atoms with Crippen LogP contribution in [0.1, 0.15) is 6.92 Å². The lowest BCUT2D eigenvalue weighted by Gasteiger charge is -2.38. The first-order valence-corrected chi connectivity index (χ1v) is 5.95. The Kier molecular flexibility index (Phi) is 4.26. The number of aliphatic hydroxyl groups is 3. The first-order valence-electron chi connectivity index (χ1n) is 5.95. The molecule has 0 aliphatic carbocycles. The second-order valence-electron chi connectivity index (χ2n) is 4.39. The fourth-order valence-electron chi connectivity index (χ4n) is 1.86. The highest BCUT2D eigenvalue weighted by atomic mass is 16.7. The van der Waals surface area contributed by atoms with Gasteiger partial charge in [-0.15, -0.1) is 0 Å². The van der Waals surface area contributed by atoms with E-state index in [4.69, 9.17) is 14.2 Å². The molecule has 0 spiro atoms. The molecule has 2 rings (SSSR count). The van der Waals surface area contributed by atoms with Gasteiger partial charge < -0.3 is 29.5 Å². The van der Waals surface area contributed by atoms with E-state index in [0.29, 0.717) is 11.5 Å². The molecule has 0 saturated carbocycles. The van der Waals surface area contributed by atoms with E-state index in [1.807, 2.05) is 0 Å². The van der Waals surface area contributed by atoms with Gasteiger partial charge in [0.25, 0.3) is 0 Å². The zero-order chi connectivity index (χ0) is 14.0. The summed E-state index contributed by atoms with van der Waals surface area (Å²) in [5.74, 6) is 0.895. The van der Waals surface area contributed by atoms with Crippen LogP contribution in [0.15, 0.2) is 18.2 Å². The quantitative estimate of drug-likeness (QED) is 0.698. The average molecular weight is 269 g/mol. The Morgan fingerprint density at radius 2 is 1.95 bits per heavy atom. The molecule has 0 aromatic heterocycles. The summed E-state index contributed by atoms with van der Waals surface area (Å²) in [5.41, 5.74) is 0. The number of hydrogen-bond donors (Lipinski definition) is 3. The minimum Gasteiger partial charge on any atom is -0.497 e. The molecule has 1 unspecified atom stereocenters. The normalized spacial score (nSPS) is 34.9. The fourth-order valence-corrected chi connectivity index (χ4v) is 1.86. The van der Waals surface area contributed by atoms with Crippen LogP contribution >= 0.6 is 0 Å². The van der Waals surface area contributed by atoms with Gasteiger partial charge in [0.15, 0.2) is 0 Å². The topological polar surface area (TPSA) is 88.4 Å². The Bertz CT molecular complexity index is 423. The monoisotopic (exact) mass is 269 g/mol. The molecule has 1 aromatic carbocycles. The van der Waals surface area contributed by atoms with Crippen molar-refractivity contribution in [2.75, 3.05) is 7.11 Å². The summed E-state index contributed by atoms with van der Waals surface area (Å²) in [6.45, 7) is 1.59. The van der Waals surface area contributed by atoms with Crippen LogP contribution < -0.4 is 9.47 Å². The Morgan fingerprint density at radius 1 is 1.21 bits per heavy atom. The molecule has 0 bridgehead atoms. The first-order chi connectivity index (χ1) is 9.02. The molecule has 3 N–H and O–H groups in total. The van der Waals surface area contributed by atoms with Crippen LogP contribution in [0.4, 0.5) is 0 Å². The molecule has 1 radical (unpaired) electrons. The minimum atomic E-state index is -1.34. The van der Waals surface area contributed by atoms with Crippen LogP contribution in [0.2, 0.25) is 0 Å². The summed E-state index contributed by atoms with van der Waals surface area (Å²) in [6.07, 6.45) is -5.53. The Hall–Kier alpha value is -1.34. The number of rotatable bonds is 3. The summed E-state index contributed by atoms with van der Waals surface area (Å²) in [4.78, 5) is 0. The maximum atomic E-state index is 9.81. The van der Waals surface area contributed by atoms with E-state index in [2.05, 4.69) is 6.07 Å². The Morgan fingerprint density at radius 3 is 2.63 bits per heavy atom. The fraction of sp³-hybridized carbons (Fsp3) is 0.538. The average Bonchev–Trinajstić information content (AvgIpc) is 2.42. The third-order valence-electron chi connectivity index (χ3n) is 3.03. The van der Waals surface area contributed by atoms with Gasteiger partial charge in [-0.05, 0) is 19.1 Å². The second-order valence-corrected chi connectivity index (χ2v) is 4.39. The van der Waals surface area contributed by atoms with Crippen LogP contribution in [0.25, 0.3) is 0 Å². The van der Waals surface area contributed by atoms with Gasteiger partial charge in [-0.1, -0.05) is 0 Å². The minimum absolute atomic E-state index is 0.319. The van der Waals surface area contributed by atoms with E-state index in [9.17, 15) is 15.3 Å². The standard InChI is InChI=1S/C13H17O6/c1-7-10(14)11(15)12(16)13(18-7)19-9-5-3-4-8(6-9)17-2/h3-4,6-7,10-16H,1-2H3/t7-,10-,11+,12+,13?/m1/s1. The van der Waals surface area contributed by atoms with E-state index >= 15 is 0 Å². The highest BCUT2D eigenvalue weighted by molar-refractivity contribution is 5.31. The molecule has 19 heavy (non-hydrogen) atoms. The van der Waals surface area contributed by atoms with Crippen molar-refractivity contribution in [3.05, 3.63) is 24.3 Å². The number of aliphatic hydroxyl groups excluding tert-OH is 3. The van der Waals surface area contributed by atoms with Crippen molar-refractivity contribution in [2.45, 2.75) is 37.6 Å². The number of benzene rings is 1. The second kappa shape index (κ2) is 5.75. The highest BCUT2D eigenvalue weighted by Crippen LogP contribution is 2.25. The molecular formula is C13H17O6. The van der Waals surface area contributed by atoms with Crippen molar-refractivity contribution in [3.8, 4) is 11.5 Å². The Labute approximate surface area is 111 Å². The van der Waals surface area contributed by atoms with Crippen LogP contribution in [-0.4, -0.2) is 53.1 Å². The van der Waals surface area contributed by atoms with Crippen molar-refractivity contribution in [3.63, 3.8) is 0 Å². The third kappa shape index (κ3) is 2.98. The van der Waals surface area contributed by atoms with E-state index in [-0.39, 0.29) is 0 Å². The molecule has 105 valence electrons. The SMILES string of the molecule is COc1cc[c]c(OC2O[C@H](C)[C@@H](O)[C@H](O)[C@@H]2O)c1. The smallest absolute Gasteiger partial charge is 0.229 e.